The van der Waals surface area contributed by atoms with Crippen molar-refractivity contribution in [2.75, 3.05) is 18.9 Å². The summed E-state index contributed by atoms with van der Waals surface area (Å²) in [5.41, 5.74) is 1.52. The molecule has 1 aliphatic rings. The van der Waals surface area contributed by atoms with E-state index in [4.69, 9.17) is 12.2 Å². The molecule has 1 N–H and O–H groups in total. The molecule has 1 saturated heterocycles. The summed E-state index contributed by atoms with van der Waals surface area (Å²) < 4.78 is 1.94. The van der Waals surface area contributed by atoms with Crippen LogP contribution >= 0.6 is 24.0 Å². The van der Waals surface area contributed by atoms with Crippen LogP contribution in [0.4, 0.5) is 5.82 Å². The highest BCUT2D eigenvalue weighted by molar-refractivity contribution is 8.26. The molecule has 1 fully saturated rings. The van der Waals surface area contributed by atoms with Gasteiger partial charge in [0.1, 0.15) is 15.8 Å². The van der Waals surface area contributed by atoms with Crippen molar-refractivity contribution in [3.8, 4) is 0 Å². The molecule has 0 bridgehead atoms. The Morgan fingerprint density at radius 2 is 2.20 bits per heavy atom. The summed E-state index contributed by atoms with van der Waals surface area (Å²) in [5, 5.41) is 3.08. The number of amides is 1. The van der Waals surface area contributed by atoms with Crippen molar-refractivity contribution in [2.45, 2.75) is 6.92 Å². The van der Waals surface area contributed by atoms with E-state index in [0.29, 0.717) is 32.8 Å². The number of carbonyl (C=O) groups excluding carboxylic acids is 1. The van der Waals surface area contributed by atoms with E-state index >= 15 is 0 Å². The van der Waals surface area contributed by atoms with Crippen molar-refractivity contribution >= 4 is 51.7 Å². The van der Waals surface area contributed by atoms with Crippen LogP contribution in [0.3, 0.4) is 0 Å². The van der Waals surface area contributed by atoms with E-state index in [1.807, 2.05) is 13.0 Å². The molecule has 0 spiro atoms. The summed E-state index contributed by atoms with van der Waals surface area (Å²) >= 11 is 6.31. The van der Waals surface area contributed by atoms with Crippen molar-refractivity contribution < 1.29 is 4.79 Å². The Morgan fingerprint density at radius 3 is 2.84 bits per heavy atom. The summed E-state index contributed by atoms with van der Waals surface area (Å²) in [6, 6.07) is 3.68. The predicted octanol–water partition coefficient (Wildman–Crippen LogP) is 2.43. The summed E-state index contributed by atoms with van der Waals surface area (Å²) in [7, 11) is 1.62. The number of carbonyl (C=O) groups is 1. The van der Waals surface area contributed by atoms with Gasteiger partial charge in [-0.05, 0) is 24.6 Å². The van der Waals surface area contributed by atoms with Gasteiger partial charge in [0.25, 0.3) is 11.5 Å². The lowest BCUT2D eigenvalue weighted by molar-refractivity contribution is -0.121. The van der Waals surface area contributed by atoms with E-state index in [9.17, 15) is 9.59 Å². The Hall–Kier alpha value is -2.45. The lowest BCUT2D eigenvalue weighted by Gasteiger charge is -2.11. The molecule has 1 aliphatic heterocycles. The van der Waals surface area contributed by atoms with E-state index in [1.54, 1.807) is 31.5 Å². The number of hydrogen-bond donors (Lipinski definition) is 1. The molecule has 6 nitrogen and oxygen atoms in total. The largest absolute Gasteiger partial charge is 0.366 e. The summed E-state index contributed by atoms with van der Waals surface area (Å²) in [6.07, 6.45) is 4.90. The van der Waals surface area contributed by atoms with Crippen molar-refractivity contribution in [1.82, 2.24) is 14.3 Å². The first-order chi connectivity index (χ1) is 11.9. The van der Waals surface area contributed by atoms with E-state index < -0.39 is 0 Å². The van der Waals surface area contributed by atoms with E-state index in [-0.39, 0.29) is 11.5 Å². The minimum atomic E-state index is -0.248. The quantitative estimate of drug-likeness (QED) is 0.505. The van der Waals surface area contributed by atoms with Gasteiger partial charge in [0.15, 0.2) is 0 Å². The third-order valence-electron chi connectivity index (χ3n) is 3.76. The Bertz CT molecular complexity index is 994. The second-order valence-corrected chi connectivity index (χ2v) is 7.15. The van der Waals surface area contributed by atoms with Gasteiger partial charge in [0.2, 0.25) is 0 Å². The fraction of sp³-hybridized carbons (Fsp3) is 0.176. The normalized spacial score (nSPS) is 16.1. The maximum atomic E-state index is 13.0. The molecule has 3 rings (SSSR count). The lowest BCUT2D eigenvalue weighted by Crippen LogP contribution is -2.23. The van der Waals surface area contributed by atoms with Crippen LogP contribution in [0.25, 0.3) is 11.7 Å². The van der Waals surface area contributed by atoms with Crippen LogP contribution < -0.4 is 10.9 Å². The zero-order valence-corrected chi connectivity index (χ0v) is 15.4. The monoisotopic (exact) mass is 372 g/mol. The minimum Gasteiger partial charge on any atom is -0.366 e. The second-order valence-electron chi connectivity index (χ2n) is 5.47. The molecule has 0 aromatic carbocycles. The minimum absolute atomic E-state index is 0.224. The van der Waals surface area contributed by atoms with Gasteiger partial charge in [0, 0.05) is 19.8 Å². The molecule has 128 valence electrons. The van der Waals surface area contributed by atoms with Crippen molar-refractivity contribution in [3.63, 3.8) is 0 Å². The fourth-order valence-corrected chi connectivity index (χ4v) is 3.58. The van der Waals surface area contributed by atoms with E-state index in [2.05, 4.69) is 16.9 Å². The molecule has 0 saturated carbocycles. The van der Waals surface area contributed by atoms with E-state index in [1.165, 1.54) is 21.1 Å². The van der Waals surface area contributed by atoms with Gasteiger partial charge >= 0.3 is 0 Å². The van der Waals surface area contributed by atoms with Gasteiger partial charge in [-0.25, -0.2) is 4.98 Å². The molecule has 0 atom stereocenters. The van der Waals surface area contributed by atoms with Crippen LogP contribution in [0.5, 0.6) is 0 Å². The summed E-state index contributed by atoms with van der Waals surface area (Å²) in [5.74, 6) is 0.194. The number of aryl methyl sites for hydroxylation is 1. The molecule has 0 aliphatic carbocycles. The highest BCUT2D eigenvalue weighted by Crippen LogP contribution is 2.31. The van der Waals surface area contributed by atoms with Crippen LogP contribution in [-0.2, 0) is 4.79 Å². The highest BCUT2D eigenvalue weighted by atomic mass is 32.2. The van der Waals surface area contributed by atoms with Crippen molar-refractivity contribution in [3.05, 3.63) is 57.4 Å². The van der Waals surface area contributed by atoms with Crippen LogP contribution in [0, 0.1) is 6.92 Å². The molecule has 2 aromatic heterocycles. The molecule has 2 aromatic rings. The van der Waals surface area contributed by atoms with Gasteiger partial charge < -0.3 is 5.32 Å². The summed E-state index contributed by atoms with van der Waals surface area (Å²) in [4.78, 5) is 31.6. The van der Waals surface area contributed by atoms with Gasteiger partial charge in [-0.1, -0.05) is 36.1 Å². The molecule has 1 amide bonds. The number of rotatable bonds is 4. The number of fused-ring (bicyclic) bond motifs is 1. The van der Waals surface area contributed by atoms with Crippen LogP contribution in [0.15, 0.2) is 40.7 Å². The molecular formula is C17H16N4O2S2. The number of likely N-dealkylation sites (N-methyl/N-ethyl adjacent to an activating group) is 1. The molecular weight excluding hydrogens is 356 g/mol. The molecule has 3 heterocycles. The fourth-order valence-electron chi connectivity index (χ4n) is 2.42. The average molecular weight is 372 g/mol. The first-order valence-electron chi connectivity index (χ1n) is 7.52. The van der Waals surface area contributed by atoms with Crippen LogP contribution in [0.2, 0.25) is 0 Å². The van der Waals surface area contributed by atoms with Crippen LogP contribution in [0.1, 0.15) is 11.1 Å². The second kappa shape index (κ2) is 6.81. The standard InChI is InChI=1S/C17H16N4O2S2/c1-4-7-18-13-11(9-12-16(23)20(3)17(24)25-12)15(22)21-8-5-6-10(2)14(21)19-13/h4-6,8-9,18H,1,7H2,2-3H3/b12-9-. The molecule has 25 heavy (non-hydrogen) atoms. The predicted molar refractivity (Wildman–Crippen MR) is 106 cm³/mol. The van der Waals surface area contributed by atoms with Gasteiger partial charge in [0.05, 0.1) is 10.5 Å². The average Bonchev–Trinajstić information content (AvgIpc) is 2.83. The Labute approximate surface area is 154 Å². The number of thioether (sulfide) groups is 1. The number of aromatic nitrogens is 2. The number of pyridine rings is 1. The Morgan fingerprint density at radius 1 is 1.44 bits per heavy atom. The first-order valence-corrected chi connectivity index (χ1v) is 8.75. The first kappa shape index (κ1) is 17.4. The molecule has 8 heteroatoms. The Kier molecular flexibility index (Phi) is 4.73. The van der Waals surface area contributed by atoms with Crippen molar-refractivity contribution in [2.24, 2.45) is 0 Å². The van der Waals surface area contributed by atoms with Crippen LogP contribution in [-0.4, -0.2) is 38.1 Å². The third kappa shape index (κ3) is 3.10. The smallest absolute Gasteiger partial charge is 0.267 e. The van der Waals surface area contributed by atoms with Gasteiger partial charge in [-0.2, -0.15) is 0 Å². The molecule has 0 unspecified atom stereocenters. The SMILES string of the molecule is C=CCNc1nc2c(C)cccn2c(=O)c1/C=C1\SC(=S)N(C)C1=O. The maximum absolute atomic E-state index is 13.0. The number of thiocarbonyl (C=S) groups is 1. The number of nitrogens with zero attached hydrogens (tertiary/aromatic N) is 3. The lowest BCUT2D eigenvalue weighted by atomic mass is 10.2. The third-order valence-corrected chi connectivity index (χ3v) is 5.24. The highest BCUT2D eigenvalue weighted by Gasteiger charge is 2.29. The van der Waals surface area contributed by atoms with Crippen molar-refractivity contribution in [1.29, 1.82) is 0 Å². The topological polar surface area (TPSA) is 66.7 Å². The number of hydrogen-bond acceptors (Lipinski definition) is 6. The number of anilines is 1. The maximum Gasteiger partial charge on any atom is 0.267 e. The zero-order chi connectivity index (χ0) is 18.1. The zero-order valence-electron chi connectivity index (χ0n) is 13.8. The van der Waals surface area contributed by atoms with Gasteiger partial charge in [-0.15, -0.1) is 6.58 Å². The van der Waals surface area contributed by atoms with E-state index in [0.717, 1.165) is 5.56 Å². The molecule has 0 radical (unpaired) electrons. The Balaban J connectivity index is 2.24. The summed E-state index contributed by atoms with van der Waals surface area (Å²) in [6.45, 7) is 6.01. The van der Waals surface area contributed by atoms with Gasteiger partial charge in [-0.3, -0.25) is 18.9 Å². The number of nitrogens with one attached hydrogen (secondary N) is 1.